The van der Waals surface area contributed by atoms with Gasteiger partial charge in [0.05, 0.1) is 29.1 Å². The molecule has 0 bridgehead atoms. The third-order valence-corrected chi connectivity index (χ3v) is 6.00. The van der Waals surface area contributed by atoms with Crippen molar-refractivity contribution in [3.05, 3.63) is 47.3 Å². The molecule has 28 heavy (non-hydrogen) atoms. The maximum absolute atomic E-state index is 12.8. The number of nitrogens with one attached hydrogen (secondary N) is 1. The molecule has 8 heteroatoms. The van der Waals surface area contributed by atoms with E-state index in [0.29, 0.717) is 24.3 Å². The van der Waals surface area contributed by atoms with E-state index in [2.05, 4.69) is 15.6 Å². The van der Waals surface area contributed by atoms with Gasteiger partial charge in [0.15, 0.2) is 0 Å². The Morgan fingerprint density at radius 1 is 1.21 bits per heavy atom. The Balaban J connectivity index is 1.52. The monoisotopic (exact) mass is 394 g/mol. The number of aromatic nitrogens is 3. The van der Waals surface area contributed by atoms with Gasteiger partial charge in [0.1, 0.15) is 0 Å². The number of nitrogens with zero attached hydrogens (tertiary/aromatic N) is 3. The molecule has 1 saturated heterocycles. The number of piperidine rings is 1. The van der Waals surface area contributed by atoms with Crippen LogP contribution in [0.4, 0.5) is 13.2 Å². The van der Waals surface area contributed by atoms with Gasteiger partial charge in [-0.15, -0.1) is 5.10 Å². The molecule has 1 aromatic carbocycles. The summed E-state index contributed by atoms with van der Waals surface area (Å²) >= 11 is 0. The van der Waals surface area contributed by atoms with Crippen LogP contribution in [0.25, 0.3) is 0 Å². The lowest BCUT2D eigenvalue weighted by molar-refractivity contribution is -0.137. The molecule has 0 spiro atoms. The van der Waals surface area contributed by atoms with Crippen molar-refractivity contribution in [3.63, 3.8) is 0 Å². The molecule has 2 aliphatic rings. The quantitative estimate of drug-likeness (QED) is 0.828. The molecule has 2 N–H and O–H groups in total. The Bertz CT molecular complexity index is 816. The molecule has 1 saturated carbocycles. The van der Waals surface area contributed by atoms with E-state index in [9.17, 15) is 18.3 Å². The fraction of sp³-hybridized carbons (Fsp3) is 0.600. The molecule has 152 valence electrons. The molecule has 2 aromatic rings. The van der Waals surface area contributed by atoms with Crippen molar-refractivity contribution in [1.82, 2.24) is 20.3 Å². The maximum Gasteiger partial charge on any atom is 0.416 e. The Morgan fingerprint density at radius 3 is 2.54 bits per heavy atom. The largest absolute Gasteiger partial charge is 0.416 e. The lowest BCUT2D eigenvalue weighted by Crippen LogP contribution is -2.47. The number of hydrogen-bond acceptors (Lipinski definition) is 4. The number of alkyl halides is 3. The van der Waals surface area contributed by atoms with Crippen LogP contribution in [0.15, 0.2) is 30.5 Å². The summed E-state index contributed by atoms with van der Waals surface area (Å²) in [6, 6.07) is 4.61. The third kappa shape index (κ3) is 3.93. The number of hydrogen-bond donors (Lipinski definition) is 2. The first kappa shape index (κ1) is 19.4. The fourth-order valence-electron chi connectivity index (χ4n) is 4.29. The average Bonchev–Trinajstić information content (AvgIpc) is 3.06. The van der Waals surface area contributed by atoms with Crippen LogP contribution >= 0.6 is 0 Å². The highest BCUT2D eigenvalue weighted by atomic mass is 19.4. The van der Waals surface area contributed by atoms with Gasteiger partial charge in [-0.2, -0.15) is 13.2 Å². The Hall–Kier alpha value is -1.93. The minimum absolute atomic E-state index is 0.0113. The van der Waals surface area contributed by atoms with Crippen LogP contribution in [0.5, 0.6) is 0 Å². The molecule has 0 amide bonds. The second-order valence-corrected chi connectivity index (χ2v) is 8.30. The first-order valence-electron chi connectivity index (χ1n) is 9.79. The smallest absolute Gasteiger partial charge is 0.385 e. The topological polar surface area (TPSA) is 63.0 Å². The third-order valence-electron chi connectivity index (χ3n) is 6.00. The number of rotatable bonds is 4. The van der Waals surface area contributed by atoms with E-state index in [1.165, 1.54) is 31.4 Å². The Labute approximate surface area is 161 Å². The van der Waals surface area contributed by atoms with Crippen LogP contribution in [-0.4, -0.2) is 26.1 Å². The molecule has 1 aromatic heterocycles. The van der Waals surface area contributed by atoms with E-state index in [1.54, 1.807) is 0 Å². The van der Waals surface area contributed by atoms with Gasteiger partial charge in [-0.1, -0.05) is 23.8 Å². The van der Waals surface area contributed by atoms with Crippen LogP contribution in [0, 0.1) is 5.92 Å². The summed E-state index contributed by atoms with van der Waals surface area (Å²) in [6.45, 7) is 2.82. The second-order valence-electron chi connectivity index (χ2n) is 8.30. The molecule has 4 rings (SSSR count). The summed E-state index contributed by atoms with van der Waals surface area (Å²) in [5.41, 5.74) is -0.661. The molecule has 3 atom stereocenters. The summed E-state index contributed by atoms with van der Waals surface area (Å²) in [5, 5.41) is 23.2. The van der Waals surface area contributed by atoms with Gasteiger partial charge in [-0.05, 0) is 49.8 Å². The van der Waals surface area contributed by atoms with Crippen molar-refractivity contribution in [2.24, 2.45) is 5.92 Å². The van der Waals surface area contributed by atoms with Crippen molar-refractivity contribution in [1.29, 1.82) is 0 Å². The van der Waals surface area contributed by atoms with Gasteiger partial charge in [0, 0.05) is 19.0 Å². The SMILES string of the molecule is C[C@H]1CC(O)(c2ccc(C(F)(F)F)cc2)C[C@@H](c2cn(CC3CCC3)nn2)N1. The minimum atomic E-state index is -4.38. The fourth-order valence-corrected chi connectivity index (χ4v) is 4.29. The summed E-state index contributed by atoms with van der Waals surface area (Å²) in [4.78, 5) is 0. The van der Waals surface area contributed by atoms with Crippen molar-refractivity contribution in [2.45, 2.75) is 69.4 Å². The highest BCUT2D eigenvalue weighted by molar-refractivity contribution is 5.30. The highest BCUT2D eigenvalue weighted by Crippen LogP contribution is 2.40. The minimum Gasteiger partial charge on any atom is -0.385 e. The van der Waals surface area contributed by atoms with Crippen LogP contribution in [0.2, 0.25) is 0 Å². The summed E-state index contributed by atoms with van der Waals surface area (Å²) in [6.07, 6.45) is 2.01. The molecular formula is C20H25F3N4O. The molecular weight excluding hydrogens is 369 g/mol. The Kier molecular flexibility index (Phi) is 4.95. The number of aliphatic hydroxyl groups is 1. The van der Waals surface area contributed by atoms with Crippen molar-refractivity contribution < 1.29 is 18.3 Å². The van der Waals surface area contributed by atoms with Gasteiger partial charge in [-0.3, -0.25) is 4.68 Å². The second kappa shape index (κ2) is 7.15. The molecule has 0 radical (unpaired) electrons. The van der Waals surface area contributed by atoms with Crippen molar-refractivity contribution in [3.8, 4) is 0 Å². The van der Waals surface area contributed by atoms with Gasteiger partial charge in [0.2, 0.25) is 0 Å². The first-order valence-corrected chi connectivity index (χ1v) is 9.79. The molecule has 2 heterocycles. The molecule has 1 aliphatic heterocycles. The lowest BCUT2D eigenvalue weighted by atomic mass is 9.78. The Morgan fingerprint density at radius 2 is 1.93 bits per heavy atom. The van der Waals surface area contributed by atoms with E-state index in [0.717, 1.165) is 24.4 Å². The van der Waals surface area contributed by atoms with Crippen LogP contribution in [0.3, 0.4) is 0 Å². The van der Waals surface area contributed by atoms with E-state index in [-0.39, 0.29) is 12.1 Å². The zero-order chi connectivity index (χ0) is 19.9. The van der Waals surface area contributed by atoms with Crippen molar-refractivity contribution >= 4 is 0 Å². The van der Waals surface area contributed by atoms with E-state index < -0.39 is 17.3 Å². The predicted molar refractivity (Wildman–Crippen MR) is 97.3 cm³/mol. The maximum atomic E-state index is 12.8. The van der Waals surface area contributed by atoms with Crippen LogP contribution in [0.1, 0.15) is 61.9 Å². The van der Waals surface area contributed by atoms with E-state index in [4.69, 9.17) is 0 Å². The normalized spacial score (nSPS) is 28.9. The lowest BCUT2D eigenvalue weighted by Gasteiger charge is -2.40. The highest BCUT2D eigenvalue weighted by Gasteiger charge is 2.41. The summed E-state index contributed by atoms with van der Waals surface area (Å²) < 4.78 is 40.4. The van der Waals surface area contributed by atoms with Gasteiger partial charge in [0.25, 0.3) is 0 Å². The predicted octanol–water partition coefficient (Wildman–Crippen LogP) is 3.80. The number of benzene rings is 1. The van der Waals surface area contributed by atoms with Gasteiger partial charge in [-0.25, -0.2) is 0 Å². The van der Waals surface area contributed by atoms with Gasteiger partial charge >= 0.3 is 6.18 Å². The van der Waals surface area contributed by atoms with Gasteiger partial charge < -0.3 is 10.4 Å². The van der Waals surface area contributed by atoms with Crippen LogP contribution in [-0.2, 0) is 18.3 Å². The van der Waals surface area contributed by atoms with E-state index >= 15 is 0 Å². The standard InChI is InChI=1S/C20H25F3N4O/c1-13-9-19(28,15-5-7-16(8-6-15)20(21,22)23)10-17(24-13)18-12-27(26-25-18)11-14-3-2-4-14/h5-8,12-14,17,24,28H,2-4,9-11H2,1H3/t13-,17-,19?/m0/s1. The zero-order valence-corrected chi connectivity index (χ0v) is 15.8. The molecule has 5 nitrogen and oxygen atoms in total. The average molecular weight is 394 g/mol. The molecule has 1 unspecified atom stereocenters. The summed E-state index contributed by atoms with van der Waals surface area (Å²) in [7, 11) is 0. The number of halogens is 3. The van der Waals surface area contributed by atoms with Crippen molar-refractivity contribution in [2.75, 3.05) is 0 Å². The van der Waals surface area contributed by atoms with Crippen LogP contribution < -0.4 is 5.32 Å². The molecule has 1 aliphatic carbocycles. The molecule has 2 fully saturated rings. The zero-order valence-electron chi connectivity index (χ0n) is 15.8. The first-order chi connectivity index (χ1) is 13.2. The summed E-state index contributed by atoms with van der Waals surface area (Å²) in [5.74, 6) is 0.664. The van der Waals surface area contributed by atoms with E-state index in [1.807, 2.05) is 17.8 Å².